The van der Waals surface area contributed by atoms with Gasteiger partial charge in [-0.05, 0) is 39.5 Å². The average Bonchev–Trinajstić information content (AvgIpc) is 2.45. The van der Waals surface area contributed by atoms with E-state index in [1.807, 2.05) is 0 Å². The Balaban J connectivity index is 0. The predicted octanol–water partition coefficient (Wildman–Crippen LogP) is 3.99. The van der Waals surface area contributed by atoms with Gasteiger partial charge in [0.15, 0.2) is 0 Å². The Kier molecular flexibility index (Phi) is 19.4. The Bertz CT molecular complexity index is 162. The van der Waals surface area contributed by atoms with Crippen molar-refractivity contribution in [3.05, 3.63) is 0 Å². The lowest BCUT2D eigenvalue weighted by Crippen LogP contribution is -3.00. The smallest absolute Gasteiger partial charge is 0.0594 e. The van der Waals surface area contributed by atoms with Gasteiger partial charge in [0.25, 0.3) is 0 Å². The Morgan fingerprint density at radius 3 is 1.15 bits per heavy atom. The van der Waals surface area contributed by atoms with E-state index in [2.05, 4.69) is 27.7 Å². The fraction of sp³-hybridized carbons (Fsp3) is 1.00. The van der Waals surface area contributed by atoms with Gasteiger partial charge in [-0.15, -0.1) is 0 Å². The van der Waals surface area contributed by atoms with E-state index in [0.29, 0.717) is 0 Å². The molecular weight excluding hydrogens is 374 g/mol. The summed E-state index contributed by atoms with van der Waals surface area (Å²) in [7, 11) is -0.555. The van der Waals surface area contributed by atoms with Crippen LogP contribution < -0.4 is 24.0 Å². The molecule has 124 valence electrons. The summed E-state index contributed by atoms with van der Waals surface area (Å²) in [6.07, 6.45) is 20.8. The van der Waals surface area contributed by atoms with Gasteiger partial charge >= 0.3 is 0 Å². The Hall–Kier alpha value is 1.16. The molecule has 0 aliphatic heterocycles. The number of hydrogen-bond donors (Lipinski definition) is 0. The molecule has 0 aliphatic rings. The minimum Gasteiger partial charge on any atom is -1.00 e. The Labute approximate surface area is 147 Å². The van der Waals surface area contributed by atoms with Crippen LogP contribution in [0.3, 0.4) is 0 Å². The zero-order chi connectivity index (χ0) is 14.4. The summed E-state index contributed by atoms with van der Waals surface area (Å²) in [5.41, 5.74) is 0. The van der Waals surface area contributed by atoms with Crippen LogP contribution >= 0.6 is 7.26 Å². The van der Waals surface area contributed by atoms with Gasteiger partial charge in [0.2, 0.25) is 0 Å². The zero-order valence-electron chi connectivity index (χ0n) is 14.7. The van der Waals surface area contributed by atoms with Crippen LogP contribution in [-0.2, 0) is 0 Å². The molecule has 0 radical (unpaired) electrons. The molecule has 0 heterocycles. The van der Waals surface area contributed by atoms with Gasteiger partial charge < -0.3 is 24.0 Å². The molecule has 0 nitrogen and oxygen atoms in total. The monoisotopic (exact) mass is 414 g/mol. The molecular formula is C18H40IP. The van der Waals surface area contributed by atoms with E-state index < -0.39 is 7.26 Å². The second-order valence-electron chi connectivity index (χ2n) is 6.25. The number of rotatable bonds is 14. The van der Waals surface area contributed by atoms with Gasteiger partial charge in [-0.25, -0.2) is 0 Å². The Morgan fingerprint density at radius 1 is 0.500 bits per heavy atom. The van der Waals surface area contributed by atoms with Crippen LogP contribution in [0.15, 0.2) is 0 Å². The summed E-state index contributed by atoms with van der Waals surface area (Å²) in [4.78, 5) is 0. The van der Waals surface area contributed by atoms with Gasteiger partial charge in [-0.1, -0.05) is 52.4 Å². The van der Waals surface area contributed by atoms with Crippen LogP contribution in [0.25, 0.3) is 0 Å². The van der Waals surface area contributed by atoms with Crippen LogP contribution in [-0.4, -0.2) is 24.6 Å². The van der Waals surface area contributed by atoms with Crippen LogP contribution in [0.5, 0.6) is 0 Å². The van der Waals surface area contributed by atoms with Crippen LogP contribution in [0.4, 0.5) is 0 Å². The van der Waals surface area contributed by atoms with Crippen molar-refractivity contribution >= 4 is 7.26 Å². The maximum Gasteiger partial charge on any atom is 0.0594 e. The van der Waals surface area contributed by atoms with Crippen molar-refractivity contribution in [3.8, 4) is 0 Å². The first-order valence-corrected chi connectivity index (χ1v) is 11.6. The van der Waals surface area contributed by atoms with Gasteiger partial charge in [0.1, 0.15) is 0 Å². The van der Waals surface area contributed by atoms with E-state index in [-0.39, 0.29) is 24.0 Å². The fourth-order valence-corrected chi connectivity index (χ4v) is 6.79. The summed E-state index contributed by atoms with van der Waals surface area (Å²) in [5, 5.41) is 0. The molecule has 0 fully saturated rings. The molecule has 0 bridgehead atoms. The van der Waals surface area contributed by atoms with Gasteiger partial charge in [-0.2, -0.15) is 0 Å². The summed E-state index contributed by atoms with van der Waals surface area (Å²) in [6, 6.07) is 0. The molecule has 0 N–H and O–H groups in total. The van der Waals surface area contributed by atoms with Crippen LogP contribution in [0, 0.1) is 0 Å². The average molecular weight is 414 g/mol. The summed E-state index contributed by atoms with van der Waals surface area (Å²) < 4.78 is 0. The number of hydrogen-bond acceptors (Lipinski definition) is 0. The van der Waals surface area contributed by atoms with E-state index in [1.165, 1.54) is 76.5 Å². The van der Waals surface area contributed by atoms with Gasteiger partial charge in [0.05, 0.1) is 24.6 Å². The van der Waals surface area contributed by atoms with Crippen molar-refractivity contribution in [2.45, 2.75) is 91.9 Å². The highest BCUT2D eigenvalue weighted by molar-refractivity contribution is 7.75. The van der Waals surface area contributed by atoms with Crippen molar-refractivity contribution in [1.82, 2.24) is 0 Å². The standard InChI is InChI=1S/C18H40P.HI/c1-5-9-11-13-15-17-19(7-3,8-4)18-16-14-12-10-6-2;/h5-18H2,1-4H3;1H/q+1;/p-1. The second-order valence-corrected chi connectivity index (χ2v) is 11.1. The molecule has 0 aromatic heterocycles. The topological polar surface area (TPSA) is 0 Å². The second kappa shape index (κ2) is 16.5. The first-order valence-electron chi connectivity index (χ1n) is 9.09. The van der Waals surface area contributed by atoms with E-state index in [9.17, 15) is 0 Å². The molecule has 0 amide bonds. The van der Waals surface area contributed by atoms with E-state index in [4.69, 9.17) is 0 Å². The minimum absolute atomic E-state index is 0. The molecule has 0 rings (SSSR count). The highest BCUT2D eigenvalue weighted by Gasteiger charge is 2.31. The highest BCUT2D eigenvalue weighted by Crippen LogP contribution is 2.59. The van der Waals surface area contributed by atoms with Crippen molar-refractivity contribution in [1.29, 1.82) is 0 Å². The quantitative estimate of drug-likeness (QED) is 0.229. The third-order valence-electron chi connectivity index (χ3n) is 4.81. The molecule has 0 saturated carbocycles. The zero-order valence-corrected chi connectivity index (χ0v) is 17.8. The van der Waals surface area contributed by atoms with E-state index in [1.54, 1.807) is 12.3 Å². The largest absolute Gasteiger partial charge is 1.00 e. The third kappa shape index (κ3) is 11.8. The molecule has 0 aromatic carbocycles. The predicted molar refractivity (Wildman–Crippen MR) is 95.3 cm³/mol. The lowest BCUT2D eigenvalue weighted by Gasteiger charge is -2.25. The Morgan fingerprint density at radius 2 is 0.850 bits per heavy atom. The van der Waals surface area contributed by atoms with Crippen molar-refractivity contribution in [2.24, 2.45) is 0 Å². The number of halogens is 1. The molecule has 20 heavy (non-hydrogen) atoms. The summed E-state index contributed by atoms with van der Waals surface area (Å²) in [5.74, 6) is 0. The van der Waals surface area contributed by atoms with Crippen molar-refractivity contribution in [3.63, 3.8) is 0 Å². The molecule has 0 atom stereocenters. The first-order chi connectivity index (χ1) is 9.24. The third-order valence-corrected chi connectivity index (χ3v) is 10.0. The van der Waals surface area contributed by atoms with Gasteiger partial charge in [0, 0.05) is 7.26 Å². The van der Waals surface area contributed by atoms with Crippen molar-refractivity contribution < 1.29 is 24.0 Å². The lowest BCUT2D eigenvalue weighted by molar-refractivity contribution is -0.00000445. The lowest BCUT2D eigenvalue weighted by atomic mass is 10.2. The van der Waals surface area contributed by atoms with Crippen LogP contribution in [0.2, 0.25) is 0 Å². The molecule has 0 aromatic rings. The fourth-order valence-electron chi connectivity index (χ4n) is 3.07. The van der Waals surface area contributed by atoms with E-state index in [0.717, 1.165) is 0 Å². The molecule has 0 saturated heterocycles. The highest BCUT2D eigenvalue weighted by atomic mass is 127. The number of unbranched alkanes of at least 4 members (excludes halogenated alkanes) is 8. The van der Waals surface area contributed by atoms with Crippen LogP contribution in [0.1, 0.15) is 91.9 Å². The summed E-state index contributed by atoms with van der Waals surface area (Å²) in [6.45, 7) is 9.56. The van der Waals surface area contributed by atoms with Gasteiger partial charge in [-0.3, -0.25) is 0 Å². The summed E-state index contributed by atoms with van der Waals surface area (Å²) >= 11 is 0. The molecule has 0 spiro atoms. The normalized spacial score (nSPS) is 11.4. The molecule has 0 aliphatic carbocycles. The molecule has 0 unspecified atom stereocenters. The molecule has 2 heteroatoms. The maximum atomic E-state index is 2.47. The van der Waals surface area contributed by atoms with E-state index >= 15 is 0 Å². The van der Waals surface area contributed by atoms with Crippen molar-refractivity contribution in [2.75, 3.05) is 24.6 Å². The first kappa shape index (κ1) is 23.4. The SMILES string of the molecule is CCCCCCC[P+](CC)(CC)CCCCCCC.[I-]. The maximum absolute atomic E-state index is 2.47. The minimum atomic E-state index is -0.555.